The minimum atomic E-state index is -0.171. The van der Waals surface area contributed by atoms with Crippen molar-refractivity contribution < 1.29 is 9.13 Å². The lowest BCUT2D eigenvalue weighted by atomic mass is 9.92. The normalized spacial score (nSPS) is 38.6. The fourth-order valence-electron chi connectivity index (χ4n) is 5.34. The van der Waals surface area contributed by atoms with Gasteiger partial charge in [0.05, 0.1) is 7.11 Å². The average Bonchev–Trinajstić information content (AvgIpc) is 2.88. The summed E-state index contributed by atoms with van der Waals surface area (Å²) < 4.78 is 19.1. The van der Waals surface area contributed by atoms with Gasteiger partial charge in [0.15, 0.2) is 0 Å². The molecule has 1 aromatic rings. The van der Waals surface area contributed by atoms with E-state index in [1.807, 2.05) is 7.05 Å². The Bertz CT molecular complexity index is 516. The van der Waals surface area contributed by atoms with Crippen LogP contribution in [-0.4, -0.2) is 14.2 Å². The average molecular weight is 275 g/mol. The summed E-state index contributed by atoms with van der Waals surface area (Å²) >= 11 is 0. The Kier molecular flexibility index (Phi) is 2.81. The Morgan fingerprint density at radius 3 is 2.55 bits per heavy atom. The van der Waals surface area contributed by atoms with E-state index < -0.39 is 0 Å². The van der Waals surface area contributed by atoms with Crippen LogP contribution < -0.4 is 10.1 Å². The third-order valence-corrected chi connectivity index (χ3v) is 6.02. The van der Waals surface area contributed by atoms with E-state index in [2.05, 4.69) is 5.32 Å². The number of rotatable bonds is 4. The molecular weight excluding hydrogens is 253 g/mol. The van der Waals surface area contributed by atoms with Crippen molar-refractivity contribution in [1.82, 2.24) is 5.32 Å². The summed E-state index contributed by atoms with van der Waals surface area (Å²) in [6.07, 6.45) is 4.28. The molecule has 0 radical (unpaired) electrons. The van der Waals surface area contributed by atoms with Crippen LogP contribution in [0, 0.1) is 35.4 Å². The van der Waals surface area contributed by atoms with Crippen molar-refractivity contribution in [1.29, 1.82) is 0 Å². The smallest absolute Gasteiger partial charge is 0.123 e. The second-order valence-electron chi connectivity index (χ2n) is 6.72. The van der Waals surface area contributed by atoms with Crippen LogP contribution in [0.2, 0.25) is 0 Å². The van der Waals surface area contributed by atoms with Crippen LogP contribution in [0.3, 0.4) is 0 Å². The lowest BCUT2D eigenvalue weighted by Gasteiger charge is -2.22. The van der Waals surface area contributed by atoms with Crippen molar-refractivity contribution in [3.8, 4) is 5.75 Å². The number of nitrogens with one attached hydrogen (secondary N) is 1. The molecule has 5 atom stereocenters. The van der Waals surface area contributed by atoms with Crippen molar-refractivity contribution >= 4 is 0 Å². The fraction of sp³-hybridized carbons (Fsp3) is 0.647. The molecule has 0 spiro atoms. The number of hydrogen-bond acceptors (Lipinski definition) is 2. The van der Waals surface area contributed by atoms with Gasteiger partial charge in [0, 0.05) is 11.6 Å². The molecule has 0 saturated heterocycles. The molecule has 3 heteroatoms. The quantitative estimate of drug-likeness (QED) is 0.909. The summed E-state index contributed by atoms with van der Waals surface area (Å²) in [4.78, 5) is 0. The van der Waals surface area contributed by atoms with Crippen molar-refractivity contribution in [2.24, 2.45) is 29.6 Å². The third-order valence-electron chi connectivity index (χ3n) is 6.02. The van der Waals surface area contributed by atoms with Crippen LogP contribution in [0.15, 0.2) is 18.2 Å². The monoisotopic (exact) mass is 275 g/mol. The lowest BCUT2D eigenvalue weighted by Crippen LogP contribution is -2.22. The molecule has 1 aromatic carbocycles. The first-order valence-corrected chi connectivity index (χ1v) is 7.75. The largest absolute Gasteiger partial charge is 0.496 e. The van der Waals surface area contributed by atoms with Gasteiger partial charge in [0.2, 0.25) is 0 Å². The molecule has 2 bridgehead atoms. The summed E-state index contributed by atoms with van der Waals surface area (Å²) in [5.41, 5.74) is 0.994. The lowest BCUT2D eigenvalue weighted by molar-refractivity contribution is 0.361. The van der Waals surface area contributed by atoms with E-state index >= 15 is 0 Å². The maximum absolute atomic E-state index is 13.6. The molecule has 0 heterocycles. The molecule has 3 fully saturated rings. The van der Waals surface area contributed by atoms with E-state index in [4.69, 9.17) is 4.74 Å². The fourth-order valence-corrected chi connectivity index (χ4v) is 5.34. The minimum Gasteiger partial charge on any atom is -0.496 e. The molecule has 0 amide bonds. The van der Waals surface area contributed by atoms with E-state index in [1.54, 1.807) is 19.2 Å². The molecule has 2 nitrogen and oxygen atoms in total. The van der Waals surface area contributed by atoms with Gasteiger partial charge < -0.3 is 10.1 Å². The number of benzene rings is 1. The van der Waals surface area contributed by atoms with Gasteiger partial charge >= 0.3 is 0 Å². The predicted molar refractivity (Wildman–Crippen MR) is 76.1 cm³/mol. The Morgan fingerprint density at radius 2 is 1.95 bits per heavy atom. The summed E-state index contributed by atoms with van der Waals surface area (Å²) in [5.74, 6) is 4.94. The van der Waals surface area contributed by atoms with E-state index in [0.29, 0.717) is 5.92 Å². The Morgan fingerprint density at radius 1 is 1.25 bits per heavy atom. The molecule has 108 valence electrons. The number of fused-ring (bicyclic) bond motifs is 5. The van der Waals surface area contributed by atoms with E-state index in [-0.39, 0.29) is 11.9 Å². The van der Waals surface area contributed by atoms with Gasteiger partial charge in [-0.3, -0.25) is 0 Å². The van der Waals surface area contributed by atoms with Crippen LogP contribution >= 0.6 is 0 Å². The number of methoxy groups -OCH3 is 1. The van der Waals surface area contributed by atoms with Gasteiger partial charge in [-0.25, -0.2) is 4.39 Å². The summed E-state index contributed by atoms with van der Waals surface area (Å²) in [6.45, 7) is 0. The Labute approximate surface area is 119 Å². The highest BCUT2D eigenvalue weighted by Gasteiger charge is 2.66. The van der Waals surface area contributed by atoms with Gasteiger partial charge in [-0.2, -0.15) is 0 Å². The highest BCUT2D eigenvalue weighted by molar-refractivity contribution is 5.38. The molecule has 20 heavy (non-hydrogen) atoms. The summed E-state index contributed by atoms with van der Waals surface area (Å²) in [6, 6.07) is 5.11. The summed E-state index contributed by atoms with van der Waals surface area (Å²) in [7, 11) is 3.66. The Balaban J connectivity index is 1.65. The van der Waals surface area contributed by atoms with Gasteiger partial charge in [-0.05, 0) is 74.1 Å². The van der Waals surface area contributed by atoms with Crippen LogP contribution in [-0.2, 0) is 0 Å². The molecule has 5 unspecified atom stereocenters. The van der Waals surface area contributed by atoms with Gasteiger partial charge in [0.1, 0.15) is 11.6 Å². The highest BCUT2D eigenvalue weighted by atomic mass is 19.1. The second-order valence-corrected chi connectivity index (χ2v) is 6.72. The first kappa shape index (κ1) is 12.6. The highest BCUT2D eigenvalue weighted by Crippen LogP contribution is 2.72. The van der Waals surface area contributed by atoms with Gasteiger partial charge in [-0.1, -0.05) is 0 Å². The SMILES string of the molecule is CNC(c1cc(F)ccc1OC)C1C2C3CCC(C3)C21. The van der Waals surface area contributed by atoms with Gasteiger partial charge in [-0.15, -0.1) is 0 Å². The van der Waals surface area contributed by atoms with Crippen molar-refractivity contribution in [2.75, 3.05) is 14.2 Å². The Hall–Kier alpha value is -1.09. The number of halogens is 1. The van der Waals surface area contributed by atoms with Crippen LogP contribution in [0.4, 0.5) is 4.39 Å². The zero-order valence-corrected chi connectivity index (χ0v) is 12.1. The second kappa shape index (κ2) is 4.45. The number of ether oxygens (including phenoxy) is 1. The first-order chi connectivity index (χ1) is 9.74. The summed E-state index contributed by atoms with van der Waals surface area (Å²) in [5, 5.41) is 3.43. The topological polar surface area (TPSA) is 21.3 Å². The third kappa shape index (κ3) is 1.65. The van der Waals surface area contributed by atoms with Crippen LogP contribution in [0.1, 0.15) is 30.9 Å². The molecule has 3 aliphatic rings. The van der Waals surface area contributed by atoms with Crippen LogP contribution in [0.5, 0.6) is 5.75 Å². The standard InChI is InChI=1S/C17H22FNO/c1-19-17(12-8-11(18)5-6-13(12)20-2)16-14-9-3-4-10(7-9)15(14)16/h5-6,8-10,14-17,19H,3-4,7H2,1-2H3. The number of hydrogen-bond donors (Lipinski definition) is 1. The predicted octanol–water partition coefficient (Wildman–Crippen LogP) is 3.39. The maximum atomic E-state index is 13.6. The van der Waals surface area contributed by atoms with Crippen molar-refractivity contribution in [3.63, 3.8) is 0 Å². The molecular formula is C17H22FNO. The van der Waals surface area contributed by atoms with Gasteiger partial charge in [0.25, 0.3) is 0 Å². The molecule has 3 saturated carbocycles. The maximum Gasteiger partial charge on any atom is 0.123 e. The van der Waals surface area contributed by atoms with E-state index in [1.165, 1.54) is 25.3 Å². The molecule has 0 aliphatic heterocycles. The zero-order valence-electron chi connectivity index (χ0n) is 12.1. The molecule has 1 N–H and O–H groups in total. The minimum absolute atomic E-state index is 0.171. The van der Waals surface area contributed by atoms with Crippen molar-refractivity contribution in [2.45, 2.75) is 25.3 Å². The van der Waals surface area contributed by atoms with E-state index in [9.17, 15) is 4.39 Å². The van der Waals surface area contributed by atoms with Crippen LogP contribution in [0.25, 0.3) is 0 Å². The van der Waals surface area contributed by atoms with E-state index in [0.717, 1.165) is 35.0 Å². The molecule has 4 rings (SSSR count). The molecule has 0 aromatic heterocycles. The zero-order chi connectivity index (χ0) is 13.9. The molecule has 3 aliphatic carbocycles. The van der Waals surface area contributed by atoms with Crippen molar-refractivity contribution in [3.05, 3.63) is 29.6 Å². The first-order valence-electron chi connectivity index (χ1n) is 7.75.